The molecular weight excluding hydrogens is 893 g/mol. The van der Waals surface area contributed by atoms with Crippen molar-refractivity contribution < 1.29 is 55.6 Å². The first-order valence-corrected chi connectivity index (χ1v) is 26.0. The zero-order valence-corrected chi connectivity index (χ0v) is 40.1. The summed E-state index contributed by atoms with van der Waals surface area (Å²) in [6.45, 7) is 9.13. The van der Waals surface area contributed by atoms with E-state index in [1.807, 2.05) is 33.4 Å². The number of aromatic carboxylic acids is 2. The van der Waals surface area contributed by atoms with E-state index in [2.05, 4.69) is 27.7 Å². The highest BCUT2D eigenvalue weighted by Crippen LogP contribution is 2.61. The SMILES string of the molecule is COc1cc2c(cc1OCCCS(C)(=O)=O)[C@@H]1CCC(C)(C)[C@@H]1n1cc(C(=O)O)c(=O)cc1-2.COc1cc2c(cc1OCCCS(C)(=O)=O)[C@H]1CCC(C)(C)[C@H]1n1cc(C(=O)O)c(=O)cc1-2. The maximum absolute atomic E-state index is 12.6. The zero-order chi connectivity index (χ0) is 48.3. The van der Waals surface area contributed by atoms with Crippen LogP contribution in [0.1, 0.15) is 122 Å². The van der Waals surface area contributed by atoms with Gasteiger partial charge in [-0.2, -0.15) is 0 Å². The number of aromatic nitrogens is 2. The summed E-state index contributed by atoms with van der Waals surface area (Å²) in [5, 5.41) is 19.0. The number of carbonyl (C=O) groups is 2. The van der Waals surface area contributed by atoms with Crippen LogP contribution in [-0.4, -0.2) is 99.6 Å². The van der Waals surface area contributed by atoms with Crippen LogP contribution in [0.2, 0.25) is 0 Å². The van der Waals surface area contributed by atoms with E-state index >= 15 is 0 Å². The molecule has 4 atom stereocenters. The summed E-state index contributed by atoms with van der Waals surface area (Å²) < 4.78 is 72.5. The lowest BCUT2D eigenvalue weighted by atomic mass is 9.77. The van der Waals surface area contributed by atoms with Crippen molar-refractivity contribution in [3.63, 3.8) is 0 Å². The molecule has 2 N–H and O–H groups in total. The standard InChI is InChI=1S/2C24H29NO7S/c2*1-24(2)7-6-14-15-10-21(32-8-5-9-33(4,29)30)20(31-3)11-16(15)18-12-19(26)17(23(27)28)13-25(18)22(14)24/h2*10-14,22H,5-9H2,1-4H3,(H,27,28)/t2*14-,22+/m10/s1. The highest BCUT2D eigenvalue weighted by Gasteiger charge is 2.49. The van der Waals surface area contributed by atoms with Gasteiger partial charge in [0.25, 0.3) is 0 Å². The number of fused-ring (bicyclic) bond motifs is 12. The second kappa shape index (κ2) is 17.9. The van der Waals surface area contributed by atoms with Gasteiger partial charge < -0.3 is 38.3 Å². The molecule has 0 saturated heterocycles. The Bertz CT molecular complexity index is 2750. The van der Waals surface area contributed by atoms with E-state index in [0.29, 0.717) is 47.2 Å². The van der Waals surface area contributed by atoms with Gasteiger partial charge in [0, 0.05) is 72.1 Å². The van der Waals surface area contributed by atoms with Gasteiger partial charge in [-0.3, -0.25) is 9.59 Å². The highest BCUT2D eigenvalue weighted by molar-refractivity contribution is 7.90. The summed E-state index contributed by atoms with van der Waals surface area (Å²) in [7, 11) is -3.08. The number of nitrogens with zero attached hydrogens (tertiary/aromatic N) is 2. The van der Waals surface area contributed by atoms with Gasteiger partial charge in [0.15, 0.2) is 33.9 Å². The van der Waals surface area contributed by atoms with Crippen LogP contribution in [0.4, 0.5) is 0 Å². The maximum atomic E-state index is 12.6. The maximum Gasteiger partial charge on any atom is 0.341 e. The molecular formula is C48H58N2O14S2. The van der Waals surface area contributed by atoms with Crippen LogP contribution in [0.5, 0.6) is 23.0 Å². The second-order valence-corrected chi connectivity index (χ2v) is 23.8. The van der Waals surface area contributed by atoms with Crippen LogP contribution >= 0.6 is 0 Å². The molecule has 8 rings (SSSR count). The molecule has 2 aromatic carbocycles. The van der Waals surface area contributed by atoms with Crippen molar-refractivity contribution in [1.82, 2.24) is 9.13 Å². The van der Waals surface area contributed by atoms with Crippen molar-refractivity contribution in [2.45, 2.75) is 90.1 Å². The molecule has 0 spiro atoms. The molecule has 16 nitrogen and oxygen atoms in total. The van der Waals surface area contributed by atoms with Gasteiger partial charge in [-0.15, -0.1) is 0 Å². The number of sulfone groups is 2. The van der Waals surface area contributed by atoms with E-state index in [1.165, 1.54) is 51.3 Å². The van der Waals surface area contributed by atoms with Crippen molar-refractivity contribution in [3.05, 3.63) is 91.5 Å². The third-order valence-electron chi connectivity index (χ3n) is 13.6. The highest BCUT2D eigenvalue weighted by atomic mass is 32.2. The number of benzene rings is 2. The third-order valence-corrected chi connectivity index (χ3v) is 15.7. The van der Waals surface area contributed by atoms with Gasteiger partial charge in [0.1, 0.15) is 30.8 Å². The monoisotopic (exact) mass is 950 g/mol. The predicted octanol–water partition coefficient (Wildman–Crippen LogP) is 6.99. The fraction of sp³-hybridized carbons (Fsp3) is 0.500. The normalized spacial score (nSPS) is 20.5. The first kappa shape index (κ1) is 48.3. The first-order valence-electron chi connectivity index (χ1n) is 21.9. The molecule has 18 heteroatoms. The molecule has 0 bridgehead atoms. The number of methoxy groups -OCH3 is 2. The minimum absolute atomic E-state index is 0.00909. The molecule has 0 radical (unpaired) electrons. The van der Waals surface area contributed by atoms with E-state index < -0.39 is 42.5 Å². The Morgan fingerprint density at radius 2 is 0.985 bits per heavy atom. The van der Waals surface area contributed by atoms with Gasteiger partial charge >= 0.3 is 11.9 Å². The van der Waals surface area contributed by atoms with Crippen molar-refractivity contribution in [3.8, 4) is 45.5 Å². The van der Waals surface area contributed by atoms with Gasteiger partial charge in [-0.25, -0.2) is 26.4 Å². The number of hydrogen-bond acceptors (Lipinski definition) is 12. The summed E-state index contributed by atoms with van der Waals surface area (Å²) >= 11 is 0. The van der Waals surface area contributed by atoms with Crippen LogP contribution in [0, 0.1) is 10.8 Å². The first-order chi connectivity index (χ1) is 30.9. The van der Waals surface area contributed by atoms with Gasteiger partial charge in [-0.1, -0.05) is 27.7 Å². The molecule has 0 amide bonds. The largest absolute Gasteiger partial charge is 0.493 e. The minimum Gasteiger partial charge on any atom is -0.493 e. The molecule has 4 aromatic rings. The minimum atomic E-state index is -3.07. The molecule has 2 aliphatic carbocycles. The van der Waals surface area contributed by atoms with E-state index in [4.69, 9.17) is 18.9 Å². The van der Waals surface area contributed by atoms with E-state index in [0.717, 1.165) is 47.9 Å². The van der Waals surface area contributed by atoms with Crippen LogP contribution in [0.15, 0.2) is 58.4 Å². The molecule has 4 aliphatic rings. The number of carboxylic acids is 2. The molecule has 4 heterocycles. The summed E-state index contributed by atoms with van der Waals surface area (Å²) in [4.78, 5) is 48.4. The lowest BCUT2D eigenvalue weighted by Gasteiger charge is -2.40. The third kappa shape index (κ3) is 9.48. The quantitative estimate of drug-likeness (QED) is 0.122. The van der Waals surface area contributed by atoms with Gasteiger partial charge in [0.05, 0.1) is 50.3 Å². The molecule has 2 saturated carbocycles. The Balaban J connectivity index is 0.000000196. The van der Waals surface area contributed by atoms with Crippen molar-refractivity contribution in [2.75, 3.05) is 51.5 Å². The van der Waals surface area contributed by atoms with Crippen molar-refractivity contribution in [2.24, 2.45) is 10.8 Å². The van der Waals surface area contributed by atoms with Crippen molar-refractivity contribution >= 4 is 31.6 Å². The molecule has 2 aliphatic heterocycles. The van der Waals surface area contributed by atoms with Gasteiger partial charge in [0.2, 0.25) is 0 Å². The van der Waals surface area contributed by atoms with Crippen LogP contribution in [0.25, 0.3) is 22.5 Å². The molecule has 2 fully saturated rings. The molecule has 0 unspecified atom stereocenters. The summed E-state index contributed by atoms with van der Waals surface area (Å²) in [6, 6.07) is 10.3. The Morgan fingerprint density at radius 1 is 0.621 bits per heavy atom. The van der Waals surface area contributed by atoms with E-state index in [1.54, 1.807) is 0 Å². The Labute approximate surface area is 384 Å². The van der Waals surface area contributed by atoms with Crippen molar-refractivity contribution in [1.29, 1.82) is 0 Å². The number of rotatable bonds is 14. The van der Waals surface area contributed by atoms with Crippen LogP contribution < -0.4 is 29.8 Å². The predicted molar refractivity (Wildman–Crippen MR) is 249 cm³/mol. The fourth-order valence-corrected chi connectivity index (χ4v) is 11.9. The Kier molecular flexibility index (Phi) is 13.1. The number of ether oxygens (including phenoxy) is 4. The average molecular weight is 951 g/mol. The summed E-state index contributed by atoms with van der Waals surface area (Å²) in [5.74, 6) is -0.116. The number of hydrogen-bond donors (Lipinski definition) is 2. The van der Waals surface area contributed by atoms with E-state index in [9.17, 15) is 46.2 Å². The van der Waals surface area contributed by atoms with Gasteiger partial charge in [-0.05, 0) is 84.7 Å². The lowest BCUT2D eigenvalue weighted by Crippen LogP contribution is -2.32. The molecule has 66 heavy (non-hydrogen) atoms. The Hall–Kier alpha value is -5.62. The molecule has 356 valence electrons. The molecule has 2 aromatic heterocycles. The van der Waals surface area contributed by atoms with E-state index in [-0.39, 0.29) is 70.6 Å². The second-order valence-electron chi connectivity index (χ2n) is 19.3. The summed E-state index contributed by atoms with van der Waals surface area (Å²) in [5.41, 5.74) is 3.31. The Morgan fingerprint density at radius 3 is 1.30 bits per heavy atom. The smallest absolute Gasteiger partial charge is 0.341 e. The fourth-order valence-electron chi connectivity index (χ4n) is 10.6. The van der Waals surface area contributed by atoms with Crippen LogP contribution in [-0.2, 0) is 19.7 Å². The number of carboxylic acid groups (broad SMARTS) is 2. The topological polar surface area (TPSA) is 224 Å². The lowest BCUT2D eigenvalue weighted by molar-refractivity contribution is 0.0683. The number of pyridine rings is 2. The summed E-state index contributed by atoms with van der Waals surface area (Å²) in [6.07, 6.45) is 9.83. The average Bonchev–Trinajstić information content (AvgIpc) is 3.73. The van der Waals surface area contributed by atoms with Crippen LogP contribution in [0.3, 0.4) is 0 Å². The zero-order valence-electron chi connectivity index (χ0n) is 38.5.